The zero-order chi connectivity index (χ0) is 7.71. The summed E-state index contributed by atoms with van der Waals surface area (Å²) in [5.41, 5.74) is 2.65. The van der Waals surface area contributed by atoms with E-state index < -0.39 is 16.1 Å². The van der Waals surface area contributed by atoms with E-state index in [1.54, 1.807) is 0 Å². The number of rotatable bonds is 2. The first-order chi connectivity index (χ1) is 3.71. The normalized spacial score (nSPS) is 12.6. The van der Waals surface area contributed by atoms with E-state index in [4.69, 9.17) is 0 Å². The van der Waals surface area contributed by atoms with Crippen molar-refractivity contribution >= 4 is 16.1 Å². The first-order valence-corrected chi connectivity index (χ1v) is 10.7. The fourth-order valence-corrected chi connectivity index (χ4v) is 11.7. The van der Waals surface area contributed by atoms with Gasteiger partial charge in [-0.05, 0) is 0 Å². The molecule has 0 radical (unpaired) electrons. The zero-order valence-corrected chi connectivity index (χ0v) is 10.6. The molecule has 10 heavy (non-hydrogen) atoms. The van der Waals surface area contributed by atoms with E-state index in [1.165, 1.54) is 0 Å². The third-order valence-corrected chi connectivity index (χ3v) is 7.79. The van der Waals surface area contributed by atoms with Crippen molar-refractivity contribution in [2.24, 2.45) is 0 Å². The minimum Gasteiger partial charge on any atom is -0.327 e. The van der Waals surface area contributed by atoms with Gasteiger partial charge in [0.2, 0.25) is 0 Å². The Morgan fingerprint density at radius 3 is 0.900 bits per heavy atom. The monoisotopic (exact) mass is 166 g/mol. The Hall–Kier alpha value is 1.03. The van der Waals surface area contributed by atoms with Gasteiger partial charge in [-0.3, -0.25) is 0 Å². The Kier molecular flexibility index (Phi) is 5.66. The van der Waals surface area contributed by atoms with E-state index in [1.807, 2.05) is 0 Å². The summed E-state index contributed by atoms with van der Waals surface area (Å²) in [6, 6.07) is 0. The van der Waals surface area contributed by atoms with Crippen LogP contribution >= 0.6 is 0 Å². The molecule has 0 heterocycles. The molecular formula is C7H19LiSi2. The van der Waals surface area contributed by atoms with E-state index in [9.17, 15) is 0 Å². The molecule has 0 saturated heterocycles. The molecular weight excluding hydrogens is 147 g/mol. The van der Waals surface area contributed by atoms with Gasteiger partial charge in [0, 0.05) is 0 Å². The molecule has 0 amide bonds. The first kappa shape index (κ1) is 13.6. The van der Waals surface area contributed by atoms with Crippen LogP contribution in [0.25, 0.3) is 0 Å². The smallest absolute Gasteiger partial charge is 0.327 e. The van der Waals surface area contributed by atoms with Gasteiger partial charge in [-0.25, -0.2) is 0 Å². The second kappa shape index (κ2) is 4.16. The second-order valence-corrected chi connectivity index (χ2v) is 15.5. The van der Waals surface area contributed by atoms with E-state index >= 15 is 0 Å². The molecule has 0 spiro atoms. The molecule has 0 saturated carbocycles. The largest absolute Gasteiger partial charge is 1.00 e. The average Bonchev–Trinajstić information content (AvgIpc) is 1.14. The van der Waals surface area contributed by atoms with Crippen molar-refractivity contribution < 1.29 is 18.9 Å². The molecule has 0 aliphatic carbocycles. The minimum absolute atomic E-state index is 0. The van der Waals surface area contributed by atoms with Crippen LogP contribution in [0.15, 0.2) is 0 Å². The molecule has 0 rings (SSSR count). The Balaban J connectivity index is 0. The quantitative estimate of drug-likeness (QED) is 0.399. The standard InChI is InChI=1S/C7H19Si2.Li/c1-8(2,3)7-9(4,5)6;/h7H,1-6H3;/q-1;+1. The van der Waals surface area contributed by atoms with Crippen molar-refractivity contribution in [1.82, 2.24) is 0 Å². The van der Waals surface area contributed by atoms with Crippen LogP contribution in [0.5, 0.6) is 0 Å². The summed E-state index contributed by atoms with van der Waals surface area (Å²) >= 11 is 0. The molecule has 0 fully saturated rings. The predicted molar refractivity (Wildman–Crippen MR) is 51.0 cm³/mol. The van der Waals surface area contributed by atoms with Gasteiger partial charge in [0.05, 0.1) is 0 Å². The molecule has 0 atom stereocenters. The van der Waals surface area contributed by atoms with Crippen molar-refractivity contribution in [2.75, 3.05) is 0 Å². The predicted octanol–water partition coefficient (Wildman–Crippen LogP) is -0.0505. The van der Waals surface area contributed by atoms with Gasteiger partial charge in [0.1, 0.15) is 0 Å². The van der Waals surface area contributed by atoms with Gasteiger partial charge in [-0.2, -0.15) is 0 Å². The van der Waals surface area contributed by atoms with Crippen molar-refractivity contribution in [3.8, 4) is 0 Å². The van der Waals surface area contributed by atoms with Crippen LogP contribution in [0.1, 0.15) is 0 Å². The zero-order valence-electron chi connectivity index (χ0n) is 8.58. The maximum Gasteiger partial charge on any atom is 1.00 e. The van der Waals surface area contributed by atoms with Crippen LogP contribution in [-0.2, 0) is 0 Å². The summed E-state index contributed by atoms with van der Waals surface area (Å²) in [6.07, 6.45) is 0. The fraction of sp³-hybridized carbons (Fsp3) is 0.857. The maximum absolute atomic E-state index is 2.65. The van der Waals surface area contributed by atoms with Crippen molar-refractivity contribution in [3.63, 3.8) is 0 Å². The van der Waals surface area contributed by atoms with Gasteiger partial charge < -0.3 is 5.67 Å². The van der Waals surface area contributed by atoms with E-state index in [0.29, 0.717) is 0 Å². The molecule has 0 aliphatic heterocycles. The minimum atomic E-state index is -0.856. The third kappa shape index (κ3) is 11.8. The van der Waals surface area contributed by atoms with Crippen LogP contribution in [0.3, 0.4) is 0 Å². The number of hydrogen-bond acceptors (Lipinski definition) is 0. The molecule has 0 unspecified atom stereocenters. The summed E-state index contributed by atoms with van der Waals surface area (Å²) in [6.45, 7) is 14.4. The Labute approximate surface area is 80.0 Å². The molecule has 0 aromatic carbocycles. The molecule has 56 valence electrons. The Morgan fingerprint density at radius 1 is 0.700 bits per heavy atom. The molecule has 0 aromatic rings. The molecule has 0 aromatic heterocycles. The van der Waals surface area contributed by atoms with Gasteiger partial charge in [-0.15, -0.1) is 16.1 Å². The van der Waals surface area contributed by atoms with E-state index in [-0.39, 0.29) is 18.9 Å². The van der Waals surface area contributed by atoms with Gasteiger partial charge in [0.15, 0.2) is 0 Å². The van der Waals surface area contributed by atoms with Gasteiger partial charge >= 0.3 is 18.9 Å². The SMILES string of the molecule is C[Si](C)(C)[CH-][Si](C)(C)C.[Li+]. The molecule has 0 N–H and O–H groups in total. The maximum atomic E-state index is 2.65. The van der Waals surface area contributed by atoms with Gasteiger partial charge in [0.25, 0.3) is 0 Å². The molecule has 0 nitrogen and oxygen atoms in total. The summed E-state index contributed by atoms with van der Waals surface area (Å²) < 4.78 is 0. The molecule has 3 heteroatoms. The Bertz CT molecular complexity index is 76.8. The van der Waals surface area contributed by atoms with Crippen LogP contribution in [-0.4, -0.2) is 16.1 Å². The molecule has 0 bridgehead atoms. The average molecular weight is 166 g/mol. The van der Waals surface area contributed by atoms with Crippen LogP contribution in [0.2, 0.25) is 39.3 Å². The van der Waals surface area contributed by atoms with E-state index in [2.05, 4.69) is 44.9 Å². The second-order valence-electron chi connectivity index (χ2n) is 4.88. The Morgan fingerprint density at radius 2 is 0.900 bits per heavy atom. The fourth-order valence-electron chi connectivity index (χ4n) is 1.30. The topological polar surface area (TPSA) is 0 Å². The van der Waals surface area contributed by atoms with Crippen molar-refractivity contribution in [1.29, 1.82) is 0 Å². The third-order valence-electron chi connectivity index (χ3n) is 0.866. The molecule has 0 aliphatic rings. The van der Waals surface area contributed by atoms with Crippen LogP contribution in [0, 0.1) is 5.67 Å². The number of hydrogen-bond donors (Lipinski definition) is 0. The summed E-state index contributed by atoms with van der Waals surface area (Å²) in [4.78, 5) is 0. The summed E-state index contributed by atoms with van der Waals surface area (Å²) in [5.74, 6) is 0. The van der Waals surface area contributed by atoms with Crippen molar-refractivity contribution in [3.05, 3.63) is 5.67 Å². The van der Waals surface area contributed by atoms with Crippen LogP contribution < -0.4 is 18.9 Å². The summed E-state index contributed by atoms with van der Waals surface area (Å²) in [5, 5.41) is 0. The van der Waals surface area contributed by atoms with Gasteiger partial charge in [-0.1, -0.05) is 39.3 Å². The van der Waals surface area contributed by atoms with Crippen molar-refractivity contribution in [2.45, 2.75) is 39.3 Å². The van der Waals surface area contributed by atoms with E-state index in [0.717, 1.165) is 0 Å². The first-order valence-electron chi connectivity index (χ1n) is 3.58. The van der Waals surface area contributed by atoms with Crippen LogP contribution in [0.4, 0.5) is 0 Å². The summed E-state index contributed by atoms with van der Waals surface area (Å²) in [7, 11) is -1.71.